The molecule has 0 N–H and O–H groups in total. The van der Waals surface area contributed by atoms with Crippen molar-refractivity contribution < 1.29 is 4.74 Å². The van der Waals surface area contributed by atoms with E-state index in [9.17, 15) is 4.79 Å². The largest absolute Gasteiger partial charge is 0.497 e. The standard InChI is InChI=1S/C20H15N3O2/c1-25-16-10-8-15(9-11-16)23-19(14-5-4-12-21-13-14)22-18-7-3-2-6-17(18)20(23)24/h2-13H,1H3. The van der Waals surface area contributed by atoms with Crippen LogP contribution in [0.25, 0.3) is 28.0 Å². The van der Waals surface area contributed by atoms with Gasteiger partial charge in [-0.25, -0.2) is 4.98 Å². The highest BCUT2D eigenvalue weighted by Gasteiger charge is 2.14. The van der Waals surface area contributed by atoms with Crippen LogP contribution in [0.15, 0.2) is 77.9 Å². The van der Waals surface area contributed by atoms with Crippen LogP contribution < -0.4 is 10.3 Å². The highest BCUT2D eigenvalue weighted by Crippen LogP contribution is 2.22. The predicted molar refractivity (Wildman–Crippen MR) is 97.1 cm³/mol. The first-order chi connectivity index (χ1) is 12.3. The minimum atomic E-state index is -0.116. The number of hydrogen-bond donors (Lipinski definition) is 0. The first-order valence-electron chi connectivity index (χ1n) is 7.84. The average molecular weight is 329 g/mol. The highest BCUT2D eigenvalue weighted by molar-refractivity contribution is 5.80. The van der Waals surface area contributed by atoms with Gasteiger partial charge in [0.2, 0.25) is 0 Å². The molecule has 4 aromatic rings. The Hall–Kier alpha value is -3.47. The number of fused-ring (bicyclic) bond motifs is 1. The number of ether oxygens (including phenoxy) is 1. The number of para-hydroxylation sites is 1. The van der Waals surface area contributed by atoms with Gasteiger partial charge in [-0.2, -0.15) is 0 Å². The van der Waals surface area contributed by atoms with E-state index in [-0.39, 0.29) is 5.56 Å². The van der Waals surface area contributed by atoms with Crippen molar-refractivity contribution in [1.29, 1.82) is 0 Å². The van der Waals surface area contributed by atoms with Gasteiger partial charge in [-0.05, 0) is 48.5 Å². The van der Waals surface area contributed by atoms with Gasteiger partial charge >= 0.3 is 0 Å². The van der Waals surface area contributed by atoms with E-state index < -0.39 is 0 Å². The number of hydrogen-bond acceptors (Lipinski definition) is 4. The van der Waals surface area contributed by atoms with Crippen molar-refractivity contribution in [3.05, 3.63) is 83.4 Å². The Morgan fingerprint density at radius 3 is 2.48 bits per heavy atom. The van der Waals surface area contributed by atoms with Crippen LogP contribution in [0.5, 0.6) is 5.75 Å². The van der Waals surface area contributed by atoms with Crippen LogP contribution in [0.1, 0.15) is 0 Å². The van der Waals surface area contributed by atoms with Crippen LogP contribution in [0, 0.1) is 0 Å². The normalized spacial score (nSPS) is 10.8. The number of aromatic nitrogens is 3. The molecule has 0 atom stereocenters. The smallest absolute Gasteiger partial charge is 0.266 e. The van der Waals surface area contributed by atoms with E-state index in [1.807, 2.05) is 54.6 Å². The Morgan fingerprint density at radius 2 is 1.76 bits per heavy atom. The van der Waals surface area contributed by atoms with Gasteiger partial charge in [0.05, 0.1) is 23.7 Å². The molecule has 5 heteroatoms. The fourth-order valence-corrected chi connectivity index (χ4v) is 2.79. The lowest BCUT2D eigenvalue weighted by atomic mass is 10.2. The fourth-order valence-electron chi connectivity index (χ4n) is 2.79. The number of nitrogens with zero attached hydrogens (tertiary/aromatic N) is 3. The zero-order valence-electron chi connectivity index (χ0n) is 13.6. The van der Waals surface area contributed by atoms with Crippen molar-refractivity contribution in [3.63, 3.8) is 0 Å². The van der Waals surface area contributed by atoms with Gasteiger partial charge in [-0.3, -0.25) is 14.3 Å². The lowest BCUT2D eigenvalue weighted by molar-refractivity contribution is 0.414. The molecular formula is C20H15N3O2. The van der Waals surface area contributed by atoms with Gasteiger partial charge in [0.15, 0.2) is 0 Å². The lowest BCUT2D eigenvalue weighted by Crippen LogP contribution is -2.22. The summed E-state index contributed by atoms with van der Waals surface area (Å²) in [4.78, 5) is 22.0. The molecule has 0 unspecified atom stereocenters. The Kier molecular flexibility index (Phi) is 3.74. The van der Waals surface area contributed by atoms with E-state index in [1.165, 1.54) is 0 Å². The molecule has 0 saturated carbocycles. The zero-order valence-corrected chi connectivity index (χ0v) is 13.6. The van der Waals surface area contributed by atoms with Crippen molar-refractivity contribution in [2.45, 2.75) is 0 Å². The van der Waals surface area contributed by atoms with E-state index in [0.717, 1.165) is 17.0 Å². The van der Waals surface area contributed by atoms with E-state index in [1.54, 1.807) is 30.1 Å². The molecule has 0 fully saturated rings. The fraction of sp³-hybridized carbons (Fsp3) is 0.0500. The molecule has 0 spiro atoms. The number of methoxy groups -OCH3 is 1. The number of rotatable bonds is 3. The third-order valence-corrected chi connectivity index (χ3v) is 4.03. The molecular weight excluding hydrogens is 314 g/mol. The monoisotopic (exact) mass is 329 g/mol. The second-order valence-electron chi connectivity index (χ2n) is 5.53. The third-order valence-electron chi connectivity index (χ3n) is 4.03. The maximum atomic E-state index is 13.1. The second kappa shape index (κ2) is 6.20. The van der Waals surface area contributed by atoms with Crippen LogP contribution in [0.2, 0.25) is 0 Å². The SMILES string of the molecule is COc1ccc(-n2c(-c3cccnc3)nc3ccccc3c2=O)cc1. The van der Waals surface area contributed by atoms with Crippen molar-refractivity contribution in [2.24, 2.45) is 0 Å². The first-order valence-corrected chi connectivity index (χ1v) is 7.84. The predicted octanol–water partition coefficient (Wildman–Crippen LogP) is 3.46. The van der Waals surface area contributed by atoms with E-state index in [2.05, 4.69) is 4.98 Å². The number of benzene rings is 2. The van der Waals surface area contributed by atoms with Crippen molar-refractivity contribution >= 4 is 10.9 Å². The summed E-state index contributed by atoms with van der Waals surface area (Å²) >= 11 is 0. The summed E-state index contributed by atoms with van der Waals surface area (Å²) in [7, 11) is 1.61. The first kappa shape index (κ1) is 15.1. The molecule has 5 nitrogen and oxygen atoms in total. The van der Waals surface area contributed by atoms with E-state index in [4.69, 9.17) is 9.72 Å². The Bertz CT molecular complexity index is 1090. The third kappa shape index (κ3) is 2.65. The van der Waals surface area contributed by atoms with Gasteiger partial charge in [0.25, 0.3) is 5.56 Å². The molecule has 122 valence electrons. The maximum absolute atomic E-state index is 13.1. The van der Waals surface area contributed by atoms with Gasteiger partial charge in [-0.15, -0.1) is 0 Å². The van der Waals surface area contributed by atoms with Crippen molar-refractivity contribution in [3.8, 4) is 22.8 Å². The van der Waals surface area contributed by atoms with E-state index in [0.29, 0.717) is 16.7 Å². The quantitative estimate of drug-likeness (QED) is 0.577. The van der Waals surface area contributed by atoms with Gasteiger partial charge in [0.1, 0.15) is 11.6 Å². The molecule has 0 bridgehead atoms. The van der Waals surface area contributed by atoms with Crippen LogP contribution in [-0.4, -0.2) is 21.6 Å². The van der Waals surface area contributed by atoms with Crippen molar-refractivity contribution in [1.82, 2.24) is 14.5 Å². The summed E-state index contributed by atoms with van der Waals surface area (Å²) in [5.74, 6) is 1.29. The molecule has 4 rings (SSSR count). The topological polar surface area (TPSA) is 57.0 Å². The van der Waals surface area contributed by atoms with Crippen molar-refractivity contribution in [2.75, 3.05) is 7.11 Å². The molecule has 2 aromatic heterocycles. The lowest BCUT2D eigenvalue weighted by Gasteiger charge is -2.14. The Labute approximate surface area is 144 Å². The maximum Gasteiger partial charge on any atom is 0.266 e. The number of pyridine rings is 1. The molecule has 0 aliphatic rings. The summed E-state index contributed by atoms with van der Waals surface area (Å²) in [6.45, 7) is 0. The second-order valence-corrected chi connectivity index (χ2v) is 5.53. The molecule has 2 heterocycles. The minimum absolute atomic E-state index is 0.116. The van der Waals surface area contributed by atoms with Gasteiger partial charge in [-0.1, -0.05) is 12.1 Å². The summed E-state index contributed by atoms with van der Waals surface area (Å²) in [5.41, 5.74) is 2.05. The van der Waals surface area contributed by atoms with Gasteiger partial charge in [0, 0.05) is 18.0 Å². The summed E-state index contributed by atoms with van der Waals surface area (Å²) in [6.07, 6.45) is 3.40. The molecule has 2 aromatic carbocycles. The van der Waals surface area contributed by atoms with E-state index >= 15 is 0 Å². The summed E-state index contributed by atoms with van der Waals surface area (Å²) in [6, 6.07) is 18.4. The molecule has 0 aliphatic carbocycles. The summed E-state index contributed by atoms with van der Waals surface area (Å²) < 4.78 is 6.82. The highest BCUT2D eigenvalue weighted by atomic mass is 16.5. The minimum Gasteiger partial charge on any atom is -0.497 e. The average Bonchev–Trinajstić information content (AvgIpc) is 2.69. The van der Waals surface area contributed by atoms with Crippen LogP contribution >= 0.6 is 0 Å². The Morgan fingerprint density at radius 1 is 0.960 bits per heavy atom. The van der Waals surface area contributed by atoms with Crippen LogP contribution in [-0.2, 0) is 0 Å². The summed E-state index contributed by atoms with van der Waals surface area (Å²) in [5, 5.41) is 0.575. The molecule has 0 radical (unpaired) electrons. The molecule has 25 heavy (non-hydrogen) atoms. The molecule has 0 saturated heterocycles. The molecule has 0 aliphatic heterocycles. The van der Waals surface area contributed by atoms with Gasteiger partial charge < -0.3 is 4.74 Å². The zero-order chi connectivity index (χ0) is 17.2. The Balaban J connectivity index is 2.06. The molecule has 0 amide bonds. The van der Waals surface area contributed by atoms with Crippen LogP contribution in [0.4, 0.5) is 0 Å². The van der Waals surface area contributed by atoms with Crippen LogP contribution in [0.3, 0.4) is 0 Å².